The van der Waals surface area contributed by atoms with Gasteiger partial charge in [-0.2, -0.15) is 5.10 Å². The largest absolute Gasteiger partial charge is 0.444 e. The van der Waals surface area contributed by atoms with E-state index in [0.717, 1.165) is 44.0 Å². The van der Waals surface area contributed by atoms with Crippen LogP contribution in [0.3, 0.4) is 0 Å². The van der Waals surface area contributed by atoms with Gasteiger partial charge in [0.25, 0.3) is 0 Å². The minimum absolute atomic E-state index is 0.0563. The van der Waals surface area contributed by atoms with Gasteiger partial charge in [0.1, 0.15) is 11.4 Å². The first-order valence-electron chi connectivity index (χ1n) is 9.39. The highest BCUT2D eigenvalue weighted by molar-refractivity contribution is 5.68. The number of nitrogens with zero attached hydrogens (tertiary/aromatic N) is 5. The molecule has 2 aliphatic rings. The molecule has 0 saturated carbocycles. The molecule has 0 radical (unpaired) electrons. The molecular formula is C19H26N6O2. The Morgan fingerprint density at radius 3 is 2.70 bits per heavy atom. The molecule has 2 aliphatic heterocycles. The van der Waals surface area contributed by atoms with Crippen LogP contribution in [0.4, 0.5) is 10.6 Å². The summed E-state index contributed by atoms with van der Waals surface area (Å²) in [5.41, 5.74) is 0.471. The van der Waals surface area contributed by atoms with E-state index in [1.165, 1.54) is 0 Å². The number of aromatic nitrogens is 4. The lowest BCUT2D eigenvalue weighted by atomic mass is 9.73. The highest BCUT2D eigenvalue weighted by Crippen LogP contribution is 2.49. The number of carbonyl (C=O) groups is 1. The zero-order valence-corrected chi connectivity index (χ0v) is 16.1. The number of nitrogens with one attached hydrogen (secondary N) is 1. The molecule has 4 heterocycles. The standard InChI is InChI=1S/C19H26N6O2/c1-18(2,3)27-17(26)23-16-14-4-7-22-25(14)13-19(16)5-10-24(11-6-19)15-12-20-8-9-21-15/h4,7-9,12,16H,5-6,10-11,13H2,1-3H3,(H,23,26)/t16-/m1/s1. The van der Waals surface area contributed by atoms with Gasteiger partial charge in [-0.25, -0.2) is 9.78 Å². The maximum Gasteiger partial charge on any atom is 0.408 e. The normalized spacial score (nSPS) is 21.1. The summed E-state index contributed by atoms with van der Waals surface area (Å²) < 4.78 is 7.52. The van der Waals surface area contributed by atoms with Crippen molar-refractivity contribution in [1.29, 1.82) is 0 Å². The molecule has 4 rings (SSSR count). The maximum atomic E-state index is 12.5. The van der Waals surface area contributed by atoms with E-state index in [1.54, 1.807) is 24.8 Å². The number of anilines is 1. The monoisotopic (exact) mass is 370 g/mol. The molecule has 0 bridgehead atoms. The van der Waals surface area contributed by atoms with Gasteiger partial charge in [-0.1, -0.05) is 0 Å². The summed E-state index contributed by atoms with van der Waals surface area (Å²) >= 11 is 0. The van der Waals surface area contributed by atoms with E-state index in [1.807, 2.05) is 31.5 Å². The Hall–Kier alpha value is -2.64. The Morgan fingerprint density at radius 1 is 1.26 bits per heavy atom. The first-order chi connectivity index (χ1) is 12.9. The molecule has 1 N–H and O–H groups in total. The third-order valence-electron chi connectivity index (χ3n) is 5.42. The average Bonchev–Trinajstić information content (AvgIpc) is 3.16. The molecule has 1 spiro atoms. The molecule has 8 heteroatoms. The minimum atomic E-state index is -0.522. The second-order valence-corrected chi connectivity index (χ2v) is 8.41. The smallest absolute Gasteiger partial charge is 0.408 e. The van der Waals surface area contributed by atoms with Gasteiger partial charge in [-0.15, -0.1) is 0 Å². The SMILES string of the molecule is CC(C)(C)OC(=O)N[C@@H]1c2ccnn2CC12CCN(c1cnccn1)CC2. The molecule has 1 atom stereocenters. The lowest BCUT2D eigenvalue weighted by Gasteiger charge is -2.42. The van der Waals surface area contributed by atoms with Crippen molar-refractivity contribution in [2.45, 2.75) is 51.8 Å². The van der Waals surface area contributed by atoms with Gasteiger partial charge in [-0.3, -0.25) is 9.67 Å². The number of rotatable bonds is 2. The van der Waals surface area contributed by atoms with Crippen LogP contribution in [0, 0.1) is 5.41 Å². The van der Waals surface area contributed by atoms with E-state index in [2.05, 4.69) is 25.3 Å². The molecule has 0 aliphatic carbocycles. The van der Waals surface area contributed by atoms with Crippen LogP contribution in [0.25, 0.3) is 0 Å². The number of fused-ring (bicyclic) bond motifs is 1. The Balaban J connectivity index is 1.51. The Morgan fingerprint density at radius 2 is 2.04 bits per heavy atom. The molecule has 1 saturated heterocycles. The second kappa shape index (κ2) is 6.51. The molecule has 1 amide bonds. The van der Waals surface area contributed by atoms with Crippen LogP contribution in [0.2, 0.25) is 0 Å². The second-order valence-electron chi connectivity index (χ2n) is 8.41. The van der Waals surface area contributed by atoms with Crippen molar-refractivity contribution in [2.24, 2.45) is 5.41 Å². The third kappa shape index (κ3) is 3.48. The van der Waals surface area contributed by atoms with Crippen LogP contribution in [0.5, 0.6) is 0 Å². The van der Waals surface area contributed by atoms with Gasteiger partial charge in [0.05, 0.1) is 17.9 Å². The van der Waals surface area contributed by atoms with Gasteiger partial charge in [-0.05, 0) is 39.7 Å². The molecule has 2 aromatic heterocycles. The van der Waals surface area contributed by atoms with E-state index < -0.39 is 5.60 Å². The summed E-state index contributed by atoms with van der Waals surface area (Å²) in [6.45, 7) is 8.18. The summed E-state index contributed by atoms with van der Waals surface area (Å²) in [5, 5.41) is 7.57. The highest BCUT2D eigenvalue weighted by Gasteiger charge is 2.49. The lowest BCUT2D eigenvalue weighted by Crippen LogP contribution is -2.48. The number of hydrogen-bond acceptors (Lipinski definition) is 6. The van der Waals surface area contributed by atoms with Crippen LogP contribution >= 0.6 is 0 Å². The molecule has 8 nitrogen and oxygen atoms in total. The van der Waals surface area contributed by atoms with Crippen molar-refractivity contribution >= 4 is 11.9 Å². The van der Waals surface area contributed by atoms with Gasteiger partial charge in [0, 0.05) is 43.6 Å². The summed E-state index contributed by atoms with van der Waals surface area (Å²) in [4.78, 5) is 23.3. The fourth-order valence-electron chi connectivity index (χ4n) is 4.16. The molecular weight excluding hydrogens is 344 g/mol. The van der Waals surface area contributed by atoms with Crippen LogP contribution in [-0.2, 0) is 11.3 Å². The Bertz CT molecular complexity index is 805. The highest BCUT2D eigenvalue weighted by atomic mass is 16.6. The summed E-state index contributed by atoms with van der Waals surface area (Å²) in [6, 6.07) is 1.89. The van der Waals surface area contributed by atoms with E-state index in [-0.39, 0.29) is 17.6 Å². The molecule has 27 heavy (non-hydrogen) atoms. The number of ether oxygens (including phenoxy) is 1. The van der Waals surface area contributed by atoms with Crippen molar-refractivity contribution in [1.82, 2.24) is 25.1 Å². The molecule has 0 aromatic carbocycles. The lowest BCUT2D eigenvalue weighted by molar-refractivity contribution is 0.0423. The number of amides is 1. The number of hydrogen-bond donors (Lipinski definition) is 1. The topological polar surface area (TPSA) is 85.2 Å². The van der Waals surface area contributed by atoms with Crippen molar-refractivity contribution in [3.63, 3.8) is 0 Å². The molecule has 1 fully saturated rings. The average molecular weight is 370 g/mol. The van der Waals surface area contributed by atoms with Crippen LogP contribution in [0.1, 0.15) is 45.3 Å². The van der Waals surface area contributed by atoms with E-state index in [0.29, 0.717) is 0 Å². The summed E-state index contributed by atoms with van der Waals surface area (Å²) in [6.07, 6.45) is 8.50. The van der Waals surface area contributed by atoms with Gasteiger partial charge in [0.15, 0.2) is 0 Å². The fourth-order valence-corrected chi connectivity index (χ4v) is 4.16. The van der Waals surface area contributed by atoms with Crippen LogP contribution in [-0.4, -0.2) is 44.5 Å². The zero-order valence-electron chi connectivity index (χ0n) is 16.1. The van der Waals surface area contributed by atoms with Crippen LogP contribution in [0.15, 0.2) is 30.9 Å². The predicted octanol–water partition coefficient (Wildman–Crippen LogP) is 2.54. The van der Waals surface area contributed by atoms with E-state index in [4.69, 9.17) is 4.74 Å². The Labute approximate surface area is 158 Å². The zero-order chi connectivity index (χ0) is 19.1. The van der Waals surface area contributed by atoms with E-state index >= 15 is 0 Å². The maximum absolute atomic E-state index is 12.5. The van der Waals surface area contributed by atoms with Gasteiger partial charge in [0.2, 0.25) is 0 Å². The molecule has 144 valence electrons. The number of alkyl carbamates (subject to hydrolysis) is 1. The molecule has 2 aromatic rings. The van der Waals surface area contributed by atoms with Crippen LogP contribution < -0.4 is 10.2 Å². The fraction of sp³-hybridized carbons (Fsp3) is 0.579. The first-order valence-corrected chi connectivity index (χ1v) is 9.39. The van der Waals surface area contributed by atoms with Gasteiger partial charge >= 0.3 is 6.09 Å². The van der Waals surface area contributed by atoms with Crippen molar-refractivity contribution in [3.8, 4) is 0 Å². The summed E-state index contributed by atoms with van der Waals surface area (Å²) in [5.74, 6) is 0.903. The van der Waals surface area contributed by atoms with E-state index in [9.17, 15) is 4.79 Å². The Kier molecular flexibility index (Phi) is 4.28. The number of carbonyl (C=O) groups excluding carboxylic acids is 1. The molecule has 0 unspecified atom stereocenters. The first kappa shape index (κ1) is 17.8. The quantitative estimate of drug-likeness (QED) is 0.874. The van der Waals surface area contributed by atoms with Crippen molar-refractivity contribution < 1.29 is 9.53 Å². The third-order valence-corrected chi connectivity index (χ3v) is 5.42. The number of piperidine rings is 1. The summed E-state index contributed by atoms with van der Waals surface area (Å²) in [7, 11) is 0. The van der Waals surface area contributed by atoms with Gasteiger partial charge < -0.3 is 15.0 Å². The predicted molar refractivity (Wildman–Crippen MR) is 100 cm³/mol. The van der Waals surface area contributed by atoms with Crippen molar-refractivity contribution in [2.75, 3.05) is 18.0 Å². The van der Waals surface area contributed by atoms with Crippen molar-refractivity contribution in [3.05, 3.63) is 36.5 Å². The minimum Gasteiger partial charge on any atom is -0.444 e.